The monoisotopic (exact) mass is 310 g/mol. The summed E-state index contributed by atoms with van der Waals surface area (Å²) in [6.45, 7) is 0. The van der Waals surface area contributed by atoms with Crippen LogP contribution < -0.4 is 0 Å². The SMILES string of the molecule is C1=C[C@H]2[C@@H]1C1(c3ccccc3)N=NC2(c2ccccc2)[C@H]2C=C[C@H]21. The third-order valence-corrected chi connectivity index (χ3v) is 6.71. The molecule has 24 heavy (non-hydrogen) atoms. The number of rotatable bonds is 2. The van der Waals surface area contributed by atoms with E-state index >= 15 is 0 Å². The molecule has 1 fully saturated rings. The average Bonchev–Trinajstić information content (AvgIpc) is 2.57. The van der Waals surface area contributed by atoms with Gasteiger partial charge in [-0.2, -0.15) is 10.2 Å². The smallest absolute Gasteiger partial charge is 0.120 e. The Morgan fingerprint density at radius 2 is 0.833 bits per heavy atom. The molecule has 4 atom stereocenters. The Morgan fingerprint density at radius 1 is 0.500 bits per heavy atom. The van der Waals surface area contributed by atoms with Gasteiger partial charge in [0.1, 0.15) is 11.1 Å². The van der Waals surface area contributed by atoms with E-state index in [-0.39, 0.29) is 11.1 Å². The summed E-state index contributed by atoms with van der Waals surface area (Å²) in [5.41, 5.74) is 2.23. The van der Waals surface area contributed by atoms with Gasteiger partial charge in [-0.3, -0.25) is 0 Å². The van der Waals surface area contributed by atoms with Crippen molar-refractivity contribution < 1.29 is 0 Å². The first-order valence-corrected chi connectivity index (χ1v) is 8.79. The van der Waals surface area contributed by atoms with E-state index in [2.05, 4.69) is 85.0 Å². The normalized spacial score (nSPS) is 42.8. The lowest BCUT2D eigenvalue weighted by molar-refractivity contribution is -0.0555. The van der Waals surface area contributed by atoms with Crippen LogP contribution in [0.15, 0.2) is 95.2 Å². The van der Waals surface area contributed by atoms with Crippen molar-refractivity contribution in [1.29, 1.82) is 0 Å². The molecule has 0 unspecified atom stereocenters. The maximum atomic E-state index is 5.04. The zero-order valence-electron chi connectivity index (χ0n) is 13.3. The Labute approximate surface area is 141 Å². The fourth-order valence-electron chi connectivity index (χ4n) is 5.52. The summed E-state index contributed by atoms with van der Waals surface area (Å²) in [6.07, 6.45) is 9.48. The van der Waals surface area contributed by atoms with Crippen molar-refractivity contribution in [2.75, 3.05) is 0 Å². The van der Waals surface area contributed by atoms with Crippen LogP contribution >= 0.6 is 0 Å². The summed E-state index contributed by atoms with van der Waals surface area (Å²) >= 11 is 0. The Kier molecular flexibility index (Phi) is 2.22. The van der Waals surface area contributed by atoms with Gasteiger partial charge in [-0.15, -0.1) is 0 Å². The molecule has 2 aliphatic heterocycles. The molecule has 1 saturated carbocycles. The number of nitrogens with zero attached hydrogens (tertiary/aromatic N) is 2. The predicted molar refractivity (Wildman–Crippen MR) is 93.3 cm³/mol. The lowest BCUT2D eigenvalue weighted by Gasteiger charge is -2.66. The third kappa shape index (κ3) is 1.21. The van der Waals surface area contributed by atoms with E-state index in [4.69, 9.17) is 10.2 Å². The van der Waals surface area contributed by atoms with Crippen LogP contribution in [0.25, 0.3) is 0 Å². The van der Waals surface area contributed by atoms with Crippen molar-refractivity contribution in [2.24, 2.45) is 33.9 Å². The number of azo groups is 1. The molecule has 2 heterocycles. The highest BCUT2D eigenvalue weighted by molar-refractivity contribution is 5.49. The highest BCUT2D eigenvalue weighted by Crippen LogP contribution is 2.71. The number of hydrogen-bond donors (Lipinski definition) is 0. The zero-order valence-corrected chi connectivity index (χ0v) is 13.3. The van der Waals surface area contributed by atoms with Gasteiger partial charge in [0.15, 0.2) is 0 Å². The van der Waals surface area contributed by atoms with Crippen LogP contribution in [0.1, 0.15) is 11.1 Å². The van der Waals surface area contributed by atoms with Crippen LogP contribution in [-0.2, 0) is 11.1 Å². The Hall–Kier alpha value is -2.48. The van der Waals surface area contributed by atoms with E-state index in [0.717, 1.165) is 0 Å². The minimum absolute atomic E-state index is 0.198. The second-order valence-corrected chi connectivity index (χ2v) is 7.46. The van der Waals surface area contributed by atoms with Gasteiger partial charge in [0.05, 0.1) is 0 Å². The molecule has 0 saturated heterocycles. The molecule has 5 aliphatic rings. The molecule has 2 aromatic rings. The highest BCUT2D eigenvalue weighted by atomic mass is 15.3. The zero-order chi connectivity index (χ0) is 15.8. The molecule has 3 aliphatic carbocycles. The molecule has 2 nitrogen and oxygen atoms in total. The summed E-state index contributed by atoms with van der Waals surface area (Å²) in [5.74, 6) is 1.79. The fraction of sp³-hybridized carbons (Fsp3) is 0.273. The van der Waals surface area contributed by atoms with E-state index in [1.807, 2.05) is 0 Å². The summed E-state index contributed by atoms with van der Waals surface area (Å²) in [5, 5.41) is 10.1. The van der Waals surface area contributed by atoms with Gasteiger partial charge >= 0.3 is 0 Å². The topological polar surface area (TPSA) is 24.7 Å². The van der Waals surface area contributed by atoms with E-state index in [1.54, 1.807) is 0 Å². The molecular formula is C22H18N2. The van der Waals surface area contributed by atoms with Crippen molar-refractivity contribution in [1.82, 2.24) is 0 Å². The first-order valence-electron chi connectivity index (χ1n) is 8.79. The summed E-state index contributed by atoms with van der Waals surface area (Å²) in [7, 11) is 0. The Bertz CT molecular complexity index is 795. The number of benzene rings is 2. The predicted octanol–water partition coefficient (Wildman–Crippen LogP) is 4.86. The third-order valence-electron chi connectivity index (χ3n) is 6.71. The lowest BCUT2D eigenvalue weighted by atomic mass is 9.41. The van der Waals surface area contributed by atoms with Crippen LogP contribution in [0.4, 0.5) is 0 Å². The average molecular weight is 310 g/mol. The van der Waals surface area contributed by atoms with E-state index < -0.39 is 0 Å². The minimum atomic E-state index is -0.198. The lowest BCUT2D eigenvalue weighted by Crippen LogP contribution is -2.67. The van der Waals surface area contributed by atoms with E-state index in [9.17, 15) is 0 Å². The van der Waals surface area contributed by atoms with Crippen LogP contribution in [0.2, 0.25) is 0 Å². The van der Waals surface area contributed by atoms with Gasteiger partial charge in [-0.05, 0) is 11.1 Å². The molecule has 0 amide bonds. The standard InChI is InChI=1S/C22H18N2/c1-3-7-15(8-4-1)21-17-11-13-19(17)22(24-23-21,20-14-12-18(20)21)16-9-5-2-6-10-16/h1-14,17-20H/t17-,18-,19+,20+,21?,22?. The van der Waals surface area contributed by atoms with Gasteiger partial charge in [0.2, 0.25) is 0 Å². The van der Waals surface area contributed by atoms with Gasteiger partial charge in [0, 0.05) is 23.7 Å². The quantitative estimate of drug-likeness (QED) is 0.708. The largest absolute Gasteiger partial charge is 0.180 e. The molecule has 116 valence electrons. The van der Waals surface area contributed by atoms with Crippen LogP contribution in [0.5, 0.6) is 0 Å². The van der Waals surface area contributed by atoms with Gasteiger partial charge in [-0.1, -0.05) is 85.0 Å². The molecule has 0 aromatic heterocycles. The van der Waals surface area contributed by atoms with Crippen molar-refractivity contribution in [3.05, 3.63) is 96.1 Å². The Balaban J connectivity index is 1.63. The second-order valence-electron chi connectivity index (χ2n) is 7.46. The van der Waals surface area contributed by atoms with Gasteiger partial charge < -0.3 is 0 Å². The summed E-state index contributed by atoms with van der Waals surface area (Å²) in [6, 6.07) is 21.6. The molecule has 2 aromatic carbocycles. The summed E-state index contributed by atoms with van der Waals surface area (Å²) < 4.78 is 0. The van der Waals surface area contributed by atoms with Crippen molar-refractivity contribution in [3.8, 4) is 0 Å². The molecular weight excluding hydrogens is 292 g/mol. The Morgan fingerprint density at radius 3 is 1.12 bits per heavy atom. The summed E-state index contributed by atoms with van der Waals surface area (Å²) in [4.78, 5) is 0. The molecule has 7 rings (SSSR count). The first kappa shape index (κ1) is 12.9. The highest BCUT2D eigenvalue weighted by Gasteiger charge is 2.71. The van der Waals surface area contributed by atoms with Crippen molar-refractivity contribution >= 4 is 0 Å². The molecule has 0 N–H and O–H groups in total. The second kappa shape index (κ2) is 4.13. The maximum absolute atomic E-state index is 5.04. The molecule has 0 radical (unpaired) electrons. The first-order chi connectivity index (χ1) is 11.9. The van der Waals surface area contributed by atoms with Crippen LogP contribution in [0.3, 0.4) is 0 Å². The van der Waals surface area contributed by atoms with Gasteiger partial charge in [-0.25, -0.2) is 0 Å². The molecule has 2 bridgehead atoms. The number of hydrogen-bond acceptors (Lipinski definition) is 2. The minimum Gasteiger partial charge on any atom is -0.180 e. The molecule has 0 spiro atoms. The van der Waals surface area contributed by atoms with Crippen molar-refractivity contribution in [2.45, 2.75) is 11.1 Å². The van der Waals surface area contributed by atoms with Gasteiger partial charge in [0.25, 0.3) is 0 Å². The van der Waals surface area contributed by atoms with E-state index in [1.165, 1.54) is 11.1 Å². The van der Waals surface area contributed by atoms with Crippen molar-refractivity contribution in [3.63, 3.8) is 0 Å². The van der Waals surface area contributed by atoms with Crippen LogP contribution in [-0.4, -0.2) is 0 Å². The van der Waals surface area contributed by atoms with E-state index in [0.29, 0.717) is 23.7 Å². The molecule has 2 heteroatoms. The fourth-order valence-corrected chi connectivity index (χ4v) is 5.52. The van der Waals surface area contributed by atoms with Crippen LogP contribution in [0, 0.1) is 23.7 Å². The maximum Gasteiger partial charge on any atom is 0.120 e.